The average molecular weight is 316 g/mol. The van der Waals surface area contributed by atoms with Crippen LogP contribution in [0.25, 0.3) is 0 Å². The van der Waals surface area contributed by atoms with Crippen molar-refractivity contribution >= 4 is 48.3 Å². The van der Waals surface area contributed by atoms with Crippen molar-refractivity contribution in [3.8, 4) is 0 Å². The average Bonchev–Trinajstić information content (AvgIpc) is 1.41. The van der Waals surface area contributed by atoms with Gasteiger partial charge < -0.3 is 9.11 Å². The standard InChI is InChI=1S/Al.3H3NO3S/c;3*1-5(2,3)4/h;3*(H3,1,2,3,4)/q+3;;;/p-2. The topological polar surface area (TPSA) is 247 Å². The van der Waals surface area contributed by atoms with Gasteiger partial charge in [0.05, 0.1) is 0 Å². The van der Waals surface area contributed by atoms with E-state index in [1.54, 1.807) is 0 Å². The molecule has 0 fully saturated rings. The Morgan fingerprint density at radius 1 is 0.750 bits per heavy atom. The second-order valence-corrected chi connectivity index (χ2v) is 4.50. The van der Waals surface area contributed by atoms with Gasteiger partial charge in [0.25, 0.3) is 0 Å². The van der Waals surface area contributed by atoms with Gasteiger partial charge in [0.1, 0.15) is 0 Å². The summed E-state index contributed by atoms with van der Waals surface area (Å²) in [6.07, 6.45) is 0. The number of hydrogen-bond acceptors (Lipinski definition) is 8. The van der Waals surface area contributed by atoms with E-state index in [2.05, 4.69) is 15.4 Å². The third-order valence-electron chi connectivity index (χ3n) is 0. The maximum Gasteiger partial charge on any atom is 3.00 e. The molecule has 12 nitrogen and oxygen atoms in total. The van der Waals surface area contributed by atoms with Crippen LogP contribution >= 0.6 is 0 Å². The van der Waals surface area contributed by atoms with Gasteiger partial charge in [0.15, 0.2) is 20.6 Å². The molecule has 0 radical (unpaired) electrons. The first-order valence-corrected chi connectivity index (χ1v) is 6.67. The first-order valence-electron chi connectivity index (χ1n) is 2.22. The normalized spacial score (nSPS) is 10.9. The van der Waals surface area contributed by atoms with Gasteiger partial charge in [-0.25, -0.2) is 32.3 Å². The molecule has 0 unspecified atom stereocenters. The molecule has 0 aliphatic carbocycles. The van der Waals surface area contributed by atoms with E-state index < -0.39 is 30.9 Å². The Labute approximate surface area is 103 Å². The fourth-order valence-corrected chi connectivity index (χ4v) is 0. The summed E-state index contributed by atoms with van der Waals surface area (Å²) < 4.78 is 78.3. The molecule has 0 aliphatic rings. The monoisotopic (exact) mass is 316 g/mol. The van der Waals surface area contributed by atoms with Crippen LogP contribution in [0.1, 0.15) is 0 Å². The van der Waals surface area contributed by atoms with Crippen LogP contribution < -0.4 is 15.4 Å². The minimum absolute atomic E-state index is 0. The van der Waals surface area contributed by atoms with Gasteiger partial charge in [-0.05, 0) is 0 Å². The largest absolute Gasteiger partial charge is 3.00 e. The molecule has 0 atom stereocenters. The Morgan fingerprint density at radius 2 is 0.750 bits per heavy atom. The van der Waals surface area contributed by atoms with Crippen LogP contribution in [-0.4, -0.2) is 56.3 Å². The van der Waals surface area contributed by atoms with Crippen molar-refractivity contribution in [3.05, 3.63) is 0 Å². The van der Waals surface area contributed by atoms with Crippen LogP contribution in [0.5, 0.6) is 0 Å². The molecule has 0 aliphatic heterocycles. The van der Waals surface area contributed by atoms with E-state index in [-0.39, 0.29) is 17.4 Å². The molecule has 0 amide bonds. The number of hydrogen-bond donors (Lipinski definition) is 4. The van der Waals surface area contributed by atoms with Crippen molar-refractivity contribution in [3.63, 3.8) is 0 Å². The van der Waals surface area contributed by atoms with E-state index in [1.165, 1.54) is 0 Å². The summed E-state index contributed by atoms with van der Waals surface area (Å²) in [5.74, 6) is 0. The number of nitrogens with two attached hydrogens (primary N) is 3. The summed E-state index contributed by atoms with van der Waals surface area (Å²) in [6.45, 7) is 0. The van der Waals surface area contributed by atoms with Crippen LogP contribution in [0.4, 0.5) is 0 Å². The van der Waals surface area contributed by atoms with E-state index in [9.17, 15) is 0 Å². The van der Waals surface area contributed by atoms with Gasteiger partial charge in [0, 0.05) is 0 Å². The van der Waals surface area contributed by atoms with E-state index >= 15 is 0 Å². The van der Waals surface area contributed by atoms with E-state index in [0.29, 0.717) is 0 Å². The van der Waals surface area contributed by atoms with Crippen LogP contribution in [-0.2, 0) is 30.9 Å². The molecule has 0 spiro atoms. The molecule has 16 heavy (non-hydrogen) atoms. The Hall–Kier alpha value is 0.142. The quantitative estimate of drug-likeness (QED) is 0.246. The maximum atomic E-state index is 8.97. The first-order chi connectivity index (χ1) is 6.00. The van der Waals surface area contributed by atoms with Crippen LogP contribution in [0.3, 0.4) is 0 Å². The molecule has 0 rings (SSSR count). The molecule has 0 aromatic heterocycles. The molecule has 0 saturated carbocycles. The molecule has 16 heteroatoms. The van der Waals surface area contributed by atoms with Gasteiger partial charge >= 0.3 is 27.7 Å². The van der Waals surface area contributed by atoms with Crippen LogP contribution in [0.15, 0.2) is 0 Å². The molecular weight excluding hydrogens is 309 g/mol. The molecule has 0 heterocycles. The van der Waals surface area contributed by atoms with Gasteiger partial charge in [-0.15, -0.1) is 0 Å². The van der Waals surface area contributed by atoms with Gasteiger partial charge in [0.2, 0.25) is 0 Å². The van der Waals surface area contributed by atoms with Crippen molar-refractivity contribution in [2.75, 3.05) is 0 Å². The summed E-state index contributed by atoms with van der Waals surface area (Å²) >= 11 is 0. The third kappa shape index (κ3) is 120000. The zero-order valence-electron chi connectivity index (χ0n) is 7.25. The molecule has 0 saturated heterocycles. The van der Waals surface area contributed by atoms with Gasteiger partial charge in [-0.3, -0.25) is 4.55 Å². The van der Waals surface area contributed by atoms with E-state index in [1.807, 2.05) is 0 Å². The smallest absolute Gasteiger partial charge is 0.736 e. The van der Waals surface area contributed by atoms with Crippen molar-refractivity contribution in [1.29, 1.82) is 0 Å². The summed E-state index contributed by atoms with van der Waals surface area (Å²) in [5, 5.41) is 11.4. The van der Waals surface area contributed by atoms with Crippen molar-refractivity contribution < 1.29 is 38.9 Å². The van der Waals surface area contributed by atoms with Crippen molar-refractivity contribution in [2.24, 2.45) is 15.4 Å². The second-order valence-electron chi connectivity index (χ2n) is 1.50. The predicted molar refractivity (Wildman–Crippen MR) is 49.3 cm³/mol. The minimum atomic E-state index is -4.42. The maximum absolute atomic E-state index is 8.97. The van der Waals surface area contributed by atoms with Crippen molar-refractivity contribution in [2.45, 2.75) is 0 Å². The van der Waals surface area contributed by atoms with Crippen LogP contribution in [0.2, 0.25) is 0 Å². The Kier molecular flexibility index (Phi) is 14.4. The van der Waals surface area contributed by atoms with Gasteiger partial charge in [-0.2, -0.15) is 8.42 Å². The van der Waals surface area contributed by atoms with Crippen molar-refractivity contribution in [1.82, 2.24) is 0 Å². The fraction of sp³-hybridized carbons (Fsp3) is 0. The van der Waals surface area contributed by atoms with Gasteiger partial charge in [-0.1, -0.05) is 0 Å². The SMILES string of the molecule is NS(=O)(=O)O.NS(=O)(=O)[O-].NS(=O)(=O)[O-].[Al+3]. The molecule has 0 aromatic rings. The van der Waals surface area contributed by atoms with E-state index in [4.69, 9.17) is 38.9 Å². The Bertz CT molecular complexity index is 347. The van der Waals surface area contributed by atoms with E-state index in [0.717, 1.165) is 0 Å². The Balaban J connectivity index is -0.0000000655. The summed E-state index contributed by atoms with van der Waals surface area (Å²) in [5.41, 5.74) is 0. The molecular formula is H7AlN3O9S3+. The minimum Gasteiger partial charge on any atom is -0.736 e. The molecule has 96 valence electrons. The molecule has 0 aromatic carbocycles. The Morgan fingerprint density at radius 3 is 0.750 bits per heavy atom. The summed E-state index contributed by atoms with van der Waals surface area (Å²) in [4.78, 5) is 0. The van der Waals surface area contributed by atoms with Crippen LogP contribution in [0, 0.1) is 0 Å². The zero-order valence-corrected chi connectivity index (χ0v) is 10.9. The summed E-state index contributed by atoms with van der Waals surface area (Å²) in [7, 11) is -13.0. The summed E-state index contributed by atoms with van der Waals surface area (Å²) in [6, 6.07) is 0. The second kappa shape index (κ2) is 9.20. The number of rotatable bonds is 0. The third-order valence-corrected chi connectivity index (χ3v) is 0. The molecule has 7 N–H and O–H groups in total. The first kappa shape index (κ1) is 25.1. The zero-order chi connectivity index (χ0) is 13.5. The fourth-order valence-electron chi connectivity index (χ4n) is 0. The predicted octanol–water partition coefficient (Wildman–Crippen LogP) is -4.82. The molecule has 0 bridgehead atoms.